The van der Waals surface area contributed by atoms with E-state index in [1.165, 1.54) is 134 Å². The van der Waals surface area contributed by atoms with Gasteiger partial charge >= 0.3 is 18.0 Å². The molecular formula is C116H146Br2N2O14. The lowest BCUT2D eigenvalue weighted by Crippen LogP contribution is -2.33. The summed E-state index contributed by atoms with van der Waals surface area (Å²) in [5, 5.41) is 12.1. The van der Waals surface area contributed by atoms with Crippen molar-refractivity contribution in [2.24, 2.45) is 5.73 Å². The van der Waals surface area contributed by atoms with Gasteiger partial charge in [0.05, 0.1) is 52.9 Å². The number of carboxylic acid groups (broad SMARTS) is 1. The fourth-order valence-corrected chi connectivity index (χ4v) is 21.4. The van der Waals surface area contributed by atoms with Crippen LogP contribution in [0, 0.1) is 0 Å². The number of esters is 1. The first-order valence-electron chi connectivity index (χ1n) is 48.2. The molecular weight excluding hydrogens is 1810 g/mol. The number of benzene rings is 10. The predicted octanol–water partition coefficient (Wildman–Crippen LogP) is 27.2. The molecule has 2 atom stereocenters. The van der Waals surface area contributed by atoms with Crippen molar-refractivity contribution in [1.29, 1.82) is 0 Å². The largest absolute Gasteiger partial charge is 0.481 e. The zero-order valence-electron chi connectivity index (χ0n) is 80.6. The summed E-state index contributed by atoms with van der Waals surface area (Å²) in [5.41, 5.74) is 37.3. The fraction of sp³-hybridized carbons (Fsp3) is 0.457. The minimum absolute atomic E-state index is 0. The highest BCUT2D eigenvalue weighted by molar-refractivity contribution is 9.10. The lowest BCUT2D eigenvalue weighted by molar-refractivity contribution is -0.155. The van der Waals surface area contributed by atoms with Crippen LogP contribution in [0.3, 0.4) is 0 Å². The van der Waals surface area contributed by atoms with Crippen LogP contribution < -0.4 is 11.1 Å². The number of nitrogens with two attached hydrogens (primary N) is 1. The average molecular weight is 1950 g/mol. The first-order valence-corrected chi connectivity index (χ1v) is 49.8. The van der Waals surface area contributed by atoms with Crippen molar-refractivity contribution in [2.75, 3.05) is 121 Å². The molecule has 0 aromatic heterocycles. The molecule has 18 heteroatoms. The summed E-state index contributed by atoms with van der Waals surface area (Å²) in [4.78, 5) is 36.0. The zero-order valence-corrected chi connectivity index (χ0v) is 83.8. The number of rotatable bonds is 49. The van der Waals surface area contributed by atoms with Crippen molar-refractivity contribution >= 4 is 49.9 Å². The smallest absolute Gasteiger partial charge is 0.407 e. The second kappa shape index (κ2) is 48.3. The van der Waals surface area contributed by atoms with E-state index >= 15 is 0 Å². The molecule has 10 aromatic rings. The second-order valence-corrected chi connectivity index (χ2v) is 40.6. The Hall–Kier alpha value is -8.99. The number of hydrogen-bond acceptors (Lipinski definition) is 14. The number of carbonyl (C=O) groups is 3. The topological polar surface area (TPSA) is 202 Å². The summed E-state index contributed by atoms with van der Waals surface area (Å²) in [6.07, 6.45) is 16.4. The molecule has 10 aromatic carbocycles. The Balaban J connectivity index is 0.000000259. The van der Waals surface area contributed by atoms with Crippen molar-refractivity contribution in [1.82, 2.24) is 5.32 Å². The van der Waals surface area contributed by atoms with Gasteiger partial charge in [-0.25, -0.2) is 4.79 Å². The number of ether oxygens (including phenoxy) is 10. The predicted molar refractivity (Wildman–Crippen MR) is 553 cm³/mol. The van der Waals surface area contributed by atoms with Gasteiger partial charge in [-0.15, -0.1) is 0 Å². The van der Waals surface area contributed by atoms with Crippen molar-refractivity contribution in [2.45, 2.75) is 224 Å². The second-order valence-electron chi connectivity index (χ2n) is 38.8. The highest BCUT2D eigenvalue weighted by atomic mass is 79.9. The van der Waals surface area contributed by atoms with Crippen molar-refractivity contribution in [3.8, 4) is 89.0 Å². The maximum absolute atomic E-state index is 12.6. The highest BCUT2D eigenvalue weighted by Gasteiger charge is 2.47. The van der Waals surface area contributed by atoms with E-state index in [-0.39, 0.29) is 49.0 Å². The Morgan fingerprint density at radius 1 is 0.343 bits per heavy atom. The molecule has 14 rings (SSSR count). The molecule has 0 spiro atoms. The molecule has 134 heavy (non-hydrogen) atoms. The van der Waals surface area contributed by atoms with Crippen LogP contribution in [0.4, 0.5) is 4.79 Å². The van der Waals surface area contributed by atoms with Gasteiger partial charge in [-0.1, -0.05) is 199 Å². The number of alkyl carbamates (subject to hydrolysis) is 1. The molecule has 0 saturated heterocycles. The summed E-state index contributed by atoms with van der Waals surface area (Å²) in [7, 11) is 6.85. The highest BCUT2D eigenvalue weighted by Crippen LogP contribution is 2.60. The zero-order chi connectivity index (χ0) is 94.3. The number of nitrogens with one attached hydrogen (secondary N) is 1. The van der Waals surface area contributed by atoms with E-state index in [1.54, 1.807) is 28.4 Å². The molecule has 718 valence electrons. The molecule has 4 N–H and O–H groups in total. The van der Waals surface area contributed by atoms with E-state index in [9.17, 15) is 14.4 Å². The van der Waals surface area contributed by atoms with Crippen LogP contribution in [-0.2, 0) is 91.5 Å². The summed E-state index contributed by atoms with van der Waals surface area (Å²) in [6.45, 7) is 24.8. The van der Waals surface area contributed by atoms with Gasteiger partial charge in [0, 0.05) is 106 Å². The first kappa shape index (κ1) is 104. The molecule has 0 aliphatic heterocycles. The van der Waals surface area contributed by atoms with Crippen LogP contribution in [-0.4, -0.2) is 155 Å². The average Bonchev–Trinajstić information content (AvgIpc) is 1.56. The van der Waals surface area contributed by atoms with Crippen molar-refractivity contribution < 1.29 is 68.3 Å². The third-order valence-electron chi connectivity index (χ3n) is 27.2. The van der Waals surface area contributed by atoms with E-state index in [0.29, 0.717) is 105 Å². The Morgan fingerprint density at radius 2 is 0.634 bits per heavy atom. The van der Waals surface area contributed by atoms with Crippen LogP contribution in [0.25, 0.3) is 89.0 Å². The molecule has 2 unspecified atom stereocenters. The van der Waals surface area contributed by atoms with E-state index in [0.717, 1.165) is 129 Å². The first-order chi connectivity index (χ1) is 64.2. The quantitative estimate of drug-likeness (QED) is 0.0240. The molecule has 16 nitrogen and oxygen atoms in total. The van der Waals surface area contributed by atoms with Gasteiger partial charge in [-0.3, -0.25) is 9.59 Å². The number of carboxylic acids is 1. The minimum Gasteiger partial charge on any atom is -0.481 e. The third kappa shape index (κ3) is 25.5. The van der Waals surface area contributed by atoms with Crippen LogP contribution in [0.5, 0.6) is 0 Å². The van der Waals surface area contributed by atoms with Crippen LogP contribution in [0.15, 0.2) is 203 Å². The molecule has 0 heterocycles. The fourth-order valence-electron chi connectivity index (χ4n) is 20.7. The number of unbranched alkanes of at least 4 members (excludes halogenated alkanes) is 2. The number of aliphatic carboxylic acids is 1. The van der Waals surface area contributed by atoms with Gasteiger partial charge in [0.15, 0.2) is 0 Å². The summed E-state index contributed by atoms with van der Waals surface area (Å²) in [6, 6.07) is 73.5. The van der Waals surface area contributed by atoms with E-state index < -0.39 is 17.2 Å². The van der Waals surface area contributed by atoms with E-state index in [1.807, 2.05) is 41.5 Å². The van der Waals surface area contributed by atoms with Crippen LogP contribution in [0.1, 0.15) is 235 Å². The van der Waals surface area contributed by atoms with Crippen LogP contribution >= 0.6 is 31.9 Å². The van der Waals surface area contributed by atoms with Crippen molar-refractivity contribution in [3.05, 3.63) is 259 Å². The normalized spacial score (nSPS) is 15.4. The number of fused-ring (bicyclic) bond motifs is 12. The van der Waals surface area contributed by atoms with Gasteiger partial charge in [0.25, 0.3) is 0 Å². The number of methoxy groups -OCH3 is 4. The molecule has 0 bridgehead atoms. The summed E-state index contributed by atoms with van der Waals surface area (Å²) < 4.78 is 58.5. The van der Waals surface area contributed by atoms with Gasteiger partial charge < -0.3 is 63.5 Å². The maximum Gasteiger partial charge on any atom is 0.407 e. The third-order valence-corrected chi connectivity index (χ3v) is 28.2. The molecule has 4 aliphatic carbocycles. The van der Waals surface area contributed by atoms with Gasteiger partial charge in [0.1, 0.15) is 11.2 Å². The Bertz CT molecular complexity index is 5550. The van der Waals surface area contributed by atoms with E-state index in [4.69, 9.17) is 58.2 Å². The molecule has 0 fully saturated rings. The van der Waals surface area contributed by atoms with E-state index in [2.05, 4.69) is 245 Å². The number of aryl methyl sites for hydroxylation is 2. The summed E-state index contributed by atoms with van der Waals surface area (Å²) >= 11 is 7.69. The SMILES string of the molecule is C.COCCOCCCC1(CCCOCCOC)c2cc(Br)ccc2-c2ccc(-c3ccc4c(c3)C(C)(CCCCN)c3cc(-c5ccc(CCCC(=O)O)cc5)ccc3-4)cc21.COCCOCCCC1(CCCOCCOC)c2cc(Br)ccc2-c2ccc(-c3ccc4c(c3)C(C)(CCCCNC(=O)OC(C)(C)C)c3cc(-c5ccc(CCCC(=O)OC(C)(C)C)cc5)ccc3-4)cc21.[2HH]. The monoisotopic (exact) mass is 1950 g/mol. The number of amides is 1. The Morgan fingerprint density at radius 3 is 0.955 bits per heavy atom. The number of hydrogen-bond donors (Lipinski definition) is 3. The molecule has 0 saturated carbocycles. The Kier molecular flexibility index (Phi) is 37.5. The molecule has 0 radical (unpaired) electrons. The number of halogens is 2. The van der Waals surface area contributed by atoms with Gasteiger partial charge in [-0.05, 0) is 356 Å². The van der Waals surface area contributed by atoms with Gasteiger partial charge in [0.2, 0.25) is 0 Å². The van der Waals surface area contributed by atoms with Crippen molar-refractivity contribution in [3.63, 3.8) is 0 Å². The summed E-state index contributed by atoms with van der Waals surface area (Å²) in [5.74, 6) is -0.899. The lowest BCUT2D eigenvalue weighted by atomic mass is 9.71. The lowest BCUT2D eigenvalue weighted by Gasteiger charge is -2.33. The minimum atomic E-state index is -0.746. The standard InChI is InChI=1S/C62H78BrNO8.C53H62BrNO6.CH4.H2/c1-59(2,3)71-57(65)16-12-15-43-17-19-44(20-18-43)45-21-25-49-50-26-22-46(40-54(50)61(7,53(49)39-45)29-10-11-32-64-58(66)72-60(4,5)6)47-23-27-51-52-28-24-48(63)42-56(52)62(55(51)41-47,30-13-33-69-37-35-67-8)31-14-34-70-38-36-68-9;1-52(23-4-5-26-55)47-33-39(38-13-11-37(12-14-38)9-6-10-51(56)57)15-19-43(47)44-20-16-40(34-48(44)52)41-17-21-45-46-22-18-42(54)36-50(46)53(49(45)35-41,24-7-27-60-31-29-58-2)25-8-28-61-32-30-59-3;;/h17-28,39-42H,10-16,29-38H2,1-9H3,(H,64,66);11-22,33-36H,4-10,23-32,55H2,1-3H3,(H,56,57);1H4;1H/i;;;1+1. The number of carbonyl (C=O) groups excluding carboxylic acids is 2. The molecule has 1 amide bonds. The maximum atomic E-state index is 12.6. The molecule has 4 aliphatic rings. The van der Waals surface area contributed by atoms with Gasteiger partial charge in [-0.2, -0.15) is 0 Å². The van der Waals surface area contributed by atoms with Crippen LogP contribution in [0.2, 0.25) is 0 Å². The Labute approximate surface area is 816 Å².